The zero-order valence-electron chi connectivity index (χ0n) is 21.0. The van der Waals surface area contributed by atoms with Gasteiger partial charge in [0.05, 0.1) is 0 Å². The molecule has 1 saturated carbocycles. The number of ether oxygens (including phenoxy) is 1. The number of primary amides is 1. The number of nitrogens with two attached hydrogens (primary N) is 1. The Balaban J connectivity index is 0.000000173. The fourth-order valence-corrected chi connectivity index (χ4v) is 4.34. The van der Waals surface area contributed by atoms with Crippen molar-refractivity contribution in [1.82, 2.24) is 9.88 Å². The zero-order chi connectivity index (χ0) is 26.3. The maximum absolute atomic E-state index is 13.1. The maximum Gasteiger partial charge on any atom is 0.324 e. The molecule has 0 radical (unpaired) electrons. The van der Waals surface area contributed by atoms with Crippen LogP contribution >= 0.6 is 0 Å². The van der Waals surface area contributed by atoms with Crippen molar-refractivity contribution in [3.63, 3.8) is 0 Å². The van der Waals surface area contributed by atoms with E-state index in [0.29, 0.717) is 17.1 Å². The average Bonchev–Trinajstić information content (AvgIpc) is 3.54. The Kier molecular flexibility index (Phi) is 9.03. The van der Waals surface area contributed by atoms with Gasteiger partial charge in [0.2, 0.25) is 5.88 Å². The van der Waals surface area contributed by atoms with Crippen LogP contribution in [0.4, 0.5) is 13.2 Å². The van der Waals surface area contributed by atoms with Crippen LogP contribution in [0.25, 0.3) is 10.8 Å². The van der Waals surface area contributed by atoms with Gasteiger partial charge >= 0.3 is 5.92 Å². The van der Waals surface area contributed by atoms with Crippen LogP contribution in [0.3, 0.4) is 0 Å². The molecule has 5 nitrogen and oxygen atoms in total. The molecule has 3 aromatic rings. The Bertz CT molecular complexity index is 1180. The highest BCUT2D eigenvalue weighted by Gasteiger charge is 2.35. The molecule has 1 aliphatic heterocycles. The Morgan fingerprint density at radius 3 is 2.38 bits per heavy atom. The minimum absolute atomic E-state index is 0.0310. The highest BCUT2D eigenvalue weighted by atomic mass is 19.3. The summed E-state index contributed by atoms with van der Waals surface area (Å²) in [6.07, 6.45) is 9.35. The molecule has 0 unspecified atom stereocenters. The van der Waals surface area contributed by atoms with Gasteiger partial charge in [0.1, 0.15) is 11.9 Å². The number of fused-ring (bicyclic) bond motifs is 1. The van der Waals surface area contributed by atoms with Crippen LogP contribution in [0.1, 0.15) is 49.7 Å². The number of carbonyl (C=O) groups excluding carboxylic acids is 1. The van der Waals surface area contributed by atoms with Crippen LogP contribution in [0.15, 0.2) is 54.7 Å². The Labute approximate surface area is 215 Å². The highest BCUT2D eigenvalue weighted by molar-refractivity contribution is 5.83. The minimum atomic E-state index is -3.50. The van der Waals surface area contributed by atoms with Crippen molar-refractivity contribution >= 4 is 16.7 Å². The number of hydrogen-bond donors (Lipinski definition) is 1. The quantitative estimate of drug-likeness (QED) is 0.379. The van der Waals surface area contributed by atoms with Crippen LogP contribution < -0.4 is 10.5 Å². The first-order valence-corrected chi connectivity index (χ1v) is 13.0. The molecule has 1 amide bonds. The lowest BCUT2D eigenvalue weighted by atomic mass is 10.0. The van der Waals surface area contributed by atoms with E-state index < -0.39 is 18.3 Å². The van der Waals surface area contributed by atoms with Crippen molar-refractivity contribution in [3.8, 4) is 5.88 Å². The van der Waals surface area contributed by atoms with Gasteiger partial charge in [-0.1, -0.05) is 30.3 Å². The molecule has 2 aromatic carbocycles. The molecule has 0 bridgehead atoms. The summed E-state index contributed by atoms with van der Waals surface area (Å²) in [6, 6.07) is 13.4. The second-order valence-corrected chi connectivity index (χ2v) is 9.87. The average molecular weight is 514 g/mol. The number of pyridine rings is 1. The van der Waals surface area contributed by atoms with E-state index in [1.807, 2.05) is 12.3 Å². The molecule has 1 saturated heterocycles. The molecule has 0 spiro atoms. The van der Waals surface area contributed by atoms with Crippen LogP contribution in [0, 0.1) is 5.82 Å². The maximum atomic E-state index is 13.1. The van der Waals surface area contributed by atoms with Crippen molar-refractivity contribution in [2.45, 2.75) is 63.4 Å². The number of aryl methyl sites for hydroxylation is 2. The van der Waals surface area contributed by atoms with Gasteiger partial charge in [0.15, 0.2) is 0 Å². The van der Waals surface area contributed by atoms with Crippen molar-refractivity contribution in [2.75, 3.05) is 19.6 Å². The fraction of sp³-hybridized carbons (Fsp3) is 0.448. The number of halogens is 3. The monoisotopic (exact) mass is 513 g/mol. The van der Waals surface area contributed by atoms with Crippen LogP contribution in [-0.2, 0) is 17.6 Å². The van der Waals surface area contributed by atoms with Gasteiger partial charge in [-0.2, -0.15) is 8.78 Å². The zero-order valence-corrected chi connectivity index (χ0v) is 21.0. The summed E-state index contributed by atoms with van der Waals surface area (Å²) in [5.41, 5.74) is 6.59. The third-order valence-corrected chi connectivity index (χ3v) is 6.70. The molecule has 2 N–H and O–H groups in total. The molecule has 0 atom stereocenters. The molecule has 2 aliphatic rings. The molecule has 1 aliphatic carbocycles. The standard InChI is InChI=1S/C15H22N2O.C14H12F3NO/c1-2-10-17(9-1)11-3-4-13-5-8-15(16-12-13)18-14-6-7-14;15-12-4-3-10-7-9(1-2-11(10)8-12)5-6-14(16,17)13(18)19/h5,8,12,14H,1-4,6-7,9-11H2;1-4,7-8H,5-6H2,(H2,18,19). The van der Waals surface area contributed by atoms with E-state index >= 15 is 0 Å². The molecule has 1 aromatic heterocycles. The third-order valence-electron chi connectivity index (χ3n) is 6.70. The van der Waals surface area contributed by atoms with E-state index in [2.05, 4.69) is 21.7 Å². The summed E-state index contributed by atoms with van der Waals surface area (Å²) in [5.74, 6) is -4.67. The summed E-state index contributed by atoms with van der Waals surface area (Å²) >= 11 is 0. The van der Waals surface area contributed by atoms with Crippen LogP contribution in [0.5, 0.6) is 5.88 Å². The predicted octanol–water partition coefficient (Wildman–Crippen LogP) is 5.68. The largest absolute Gasteiger partial charge is 0.474 e. The summed E-state index contributed by atoms with van der Waals surface area (Å²) < 4.78 is 44.8. The normalized spacial score (nSPS) is 15.9. The third kappa shape index (κ3) is 8.45. The van der Waals surface area contributed by atoms with E-state index in [1.54, 1.807) is 24.3 Å². The predicted molar refractivity (Wildman–Crippen MR) is 138 cm³/mol. The summed E-state index contributed by atoms with van der Waals surface area (Å²) in [6.45, 7) is 3.83. The number of benzene rings is 2. The summed E-state index contributed by atoms with van der Waals surface area (Å²) in [5, 5.41) is 1.46. The minimum Gasteiger partial charge on any atom is -0.474 e. The van der Waals surface area contributed by atoms with E-state index in [9.17, 15) is 18.0 Å². The van der Waals surface area contributed by atoms with Crippen molar-refractivity contribution in [3.05, 3.63) is 71.7 Å². The van der Waals surface area contributed by atoms with Crippen LogP contribution in [-0.4, -0.2) is 47.5 Å². The number of alkyl halides is 2. The number of hydrogen-bond acceptors (Lipinski definition) is 4. The second-order valence-electron chi connectivity index (χ2n) is 9.87. The smallest absolute Gasteiger partial charge is 0.324 e. The Morgan fingerprint density at radius 2 is 1.70 bits per heavy atom. The first-order valence-electron chi connectivity index (χ1n) is 13.0. The van der Waals surface area contributed by atoms with Crippen molar-refractivity contribution < 1.29 is 22.7 Å². The van der Waals surface area contributed by atoms with Gasteiger partial charge in [-0.3, -0.25) is 4.79 Å². The Hall–Kier alpha value is -3.13. The highest BCUT2D eigenvalue weighted by Crippen LogP contribution is 2.26. The van der Waals surface area contributed by atoms with E-state index in [1.165, 1.54) is 69.4 Å². The summed E-state index contributed by atoms with van der Waals surface area (Å²) in [4.78, 5) is 17.5. The SMILES string of the molecule is NC(=O)C(F)(F)CCc1ccc2cc(F)ccc2c1.c1cc(OC2CC2)ncc1CCCN1CCCC1. The lowest BCUT2D eigenvalue weighted by Gasteiger charge is -2.13. The lowest BCUT2D eigenvalue weighted by molar-refractivity contribution is -0.142. The van der Waals surface area contributed by atoms with E-state index in [4.69, 9.17) is 4.74 Å². The molecule has 198 valence electrons. The van der Waals surface area contributed by atoms with E-state index in [-0.39, 0.29) is 12.2 Å². The fourth-order valence-electron chi connectivity index (χ4n) is 4.34. The number of amides is 1. The molecule has 8 heteroatoms. The first kappa shape index (κ1) is 26.9. The van der Waals surface area contributed by atoms with Crippen molar-refractivity contribution in [1.29, 1.82) is 0 Å². The number of aromatic nitrogens is 1. The first-order chi connectivity index (χ1) is 17.8. The van der Waals surface area contributed by atoms with Gasteiger partial charge < -0.3 is 15.4 Å². The van der Waals surface area contributed by atoms with Gasteiger partial charge in [-0.05, 0) is 98.6 Å². The summed E-state index contributed by atoms with van der Waals surface area (Å²) in [7, 11) is 0. The van der Waals surface area contributed by atoms with Gasteiger partial charge in [-0.15, -0.1) is 0 Å². The number of rotatable bonds is 10. The topological polar surface area (TPSA) is 68.5 Å². The van der Waals surface area contributed by atoms with Crippen LogP contribution in [0.2, 0.25) is 0 Å². The molecule has 5 rings (SSSR count). The Morgan fingerprint density at radius 1 is 1.00 bits per heavy atom. The molecule has 2 heterocycles. The number of likely N-dealkylation sites (tertiary alicyclic amines) is 1. The number of nitrogens with zero attached hydrogens (tertiary/aromatic N) is 2. The van der Waals surface area contributed by atoms with Crippen molar-refractivity contribution in [2.24, 2.45) is 5.73 Å². The molecule has 37 heavy (non-hydrogen) atoms. The molecular formula is C29H34F3N3O2. The molecule has 2 fully saturated rings. The van der Waals surface area contributed by atoms with Gasteiger partial charge in [0.25, 0.3) is 5.91 Å². The van der Waals surface area contributed by atoms with Gasteiger partial charge in [-0.25, -0.2) is 9.37 Å². The van der Waals surface area contributed by atoms with Gasteiger partial charge in [0, 0.05) is 18.7 Å². The van der Waals surface area contributed by atoms with E-state index in [0.717, 1.165) is 17.7 Å². The second kappa shape index (κ2) is 12.4. The lowest BCUT2D eigenvalue weighted by Crippen LogP contribution is -2.35. The number of carbonyl (C=O) groups is 1. The molecular weight excluding hydrogens is 479 g/mol.